The summed E-state index contributed by atoms with van der Waals surface area (Å²) in [6.07, 6.45) is 10.5. The molecule has 2 aliphatic rings. The summed E-state index contributed by atoms with van der Waals surface area (Å²) in [5.41, 5.74) is 6.15. The van der Waals surface area contributed by atoms with Crippen molar-refractivity contribution in [2.45, 2.75) is 90.6 Å². The zero-order valence-electron chi connectivity index (χ0n) is 32.4. The number of rotatable bonds is 18. The number of amidine groups is 2. The summed E-state index contributed by atoms with van der Waals surface area (Å²) in [5, 5.41) is 35.6. The van der Waals surface area contributed by atoms with E-state index in [4.69, 9.17) is 41.0 Å². The highest BCUT2D eigenvalue weighted by atomic mass is 16.6. The third-order valence-corrected chi connectivity index (χ3v) is 9.66. The summed E-state index contributed by atoms with van der Waals surface area (Å²) in [6, 6.07) is 14.5. The second kappa shape index (κ2) is 23.9. The third kappa shape index (κ3) is 18.3. The standard InChI is InChI=1S/C23H37N3O4.C18H29N3O2/c1-23(2,3)30-22(28)25-21(24)19-7-9-20(10-8-19)29-17-5-13-26-14-11-18(12-15-26)6-4-16-27;19-18(20)16-4-6-17(7-5-16)23-14-2-10-21-11-8-15(9-12-21)3-1-13-22/h7-10,18,27H,4-6,11-17H2,1-3H3,(H2,24,25,28);4-7,15,22H,1-3,8-14H2,(H3,19,20). The molecule has 2 fully saturated rings. The summed E-state index contributed by atoms with van der Waals surface area (Å²) in [5.74, 6) is 3.24. The number of carbonyl (C=O) groups is 1. The number of ether oxygens (including phenoxy) is 3. The van der Waals surface area contributed by atoms with Crippen LogP contribution in [0.25, 0.3) is 0 Å². The molecule has 0 atom stereocenters. The second-order valence-electron chi connectivity index (χ2n) is 15.2. The van der Waals surface area contributed by atoms with Crippen molar-refractivity contribution < 1.29 is 29.2 Å². The number of hydrogen-bond donors (Lipinski definition) is 6. The van der Waals surface area contributed by atoms with Gasteiger partial charge in [0.15, 0.2) is 0 Å². The van der Waals surface area contributed by atoms with Gasteiger partial charge in [-0.1, -0.05) is 0 Å². The van der Waals surface area contributed by atoms with Gasteiger partial charge in [-0.05, 0) is 172 Å². The Balaban J connectivity index is 0.000000295. The van der Waals surface area contributed by atoms with E-state index >= 15 is 0 Å². The number of carbonyl (C=O) groups excluding carboxylic acids is 1. The van der Waals surface area contributed by atoms with Gasteiger partial charge < -0.3 is 40.0 Å². The molecule has 0 spiro atoms. The zero-order valence-corrected chi connectivity index (χ0v) is 32.4. The molecule has 12 nitrogen and oxygen atoms in total. The molecule has 0 aliphatic carbocycles. The molecule has 4 rings (SSSR count). The molecule has 0 aromatic heterocycles. The number of likely N-dealkylation sites (tertiary alicyclic amines) is 2. The van der Waals surface area contributed by atoms with Crippen LogP contribution in [0.15, 0.2) is 48.5 Å². The highest BCUT2D eigenvalue weighted by Crippen LogP contribution is 2.23. The topological polar surface area (TPSA) is 177 Å². The van der Waals surface area contributed by atoms with E-state index < -0.39 is 11.7 Å². The van der Waals surface area contributed by atoms with E-state index in [1.54, 1.807) is 32.9 Å². The Labute approximate surface area is 317 Å². The van der Waals surface area contributed by atoms with Gasteiger partial charge in [-0.25, -0.2) is 4.79 Å². The Morgan fingerprint density at radius 3 is 1.53 bits per heavy atom. The lowest BCUT2D eigenvalue weighted by Gasteiger charge is -2.31. The van der Waals surface area contributed by atoms with Gasteiger partial charge in [-0.15, -0.1) is 0 Å². The Hall–Kier alpha value is -3.71. The second-order valence-corrected chi connectivity index (χ2v) is 15.2. The lowest BCUT2D eigenvalue weighted by Crippen LogP contribution is -2.36. The number of alkyl carbamates (subject to hydrolysis) is 1. The van der Waals surface area contributed by atoms with Crippen LogP contribution in [0.2, 0.25) is 0 Å². The molecule has 2 saturated heterocycles. The third-order valence-electron chi connectivity index (χ3n) is 9.66. The maximum Gasteiger partial charge on any atom is 0.413 e. The molecule has 0 radical (unpaired) electrons. The summed E-state index contributed by atoms with van der Waals surface area (Å²) in [7, 11) is 0. The van der Waals surface area contributed by atoms with Crippen molar-refractivity contribution in [3.63, 3.8) is 0 Å². The average Bonchev–Trinajstić information content (AvgIpc) is 3.14. The number of nitrogens with one attached hydrogen (secondary N) is 3. The van der Waals surface area contributed by atoms with Crippen molar-refractivity contribution in [3.05, 3.63) is 59.7 Å². The van der Waals surface area contributed by atoms with Gasteiger partial charge in [0.2, 0.25) is 0 Å². The lowest BCUT2D eigenvalue weighted by atomic mass is 9.92. The molecule has 0 saturated carbocycles. The van der Waals surface area contributed by atoms with E-state index in [0.717, 1.165) is 87.2 Å². The predicted octanol–water partition coefficient (Wildman–Crippen LogP) is 6.01. The summed E-state index contributed by atoms with van der Waals surface area (Å²) < 4.78 is 16.7. The number of aliphatic hydroxyl groups is 2. The van der Waals surface area contributed by atoms with Crippen molar-refractivity contribution in [2.24, 2.45) is 17.6 Å². The number of benzene rings is 2. The van der Waals surface area contributed by atoms with Gasteiger partial charge in [-0.3, -0.25) is 16.1 Å². The van der Waals surface area contributed by atoms with Crippen LogP contribution in [0.1, 0.15) is 96.1 Å². The molecule has 0 unspecified atom stereocenters. The molecular weight excluding hydrogens is 672 g/mol. The molecule has 2 heterocycles. The first-order chi connectivity index (χ1) is 25.5. The van der Waals surface area contributed by atoms with E-state index in [1.807, 2.05) is 36.4 Å². The van der Waals surface area contributed by atoms with E-state index in [-0.39, 0.29) is 11.7 Å². The van der Waals surface area contributed by atoms with Crippen LogP contribution in [0.3, 0.4) is 0 Å². The number of hydrogen-bond acceptors (Lipinski definition) is 10. The van der Waals surface area contributed by atoms with E-state index in [2.05, 4.69) is 15.1 Å². The minimum atomic E-state index is -0.634. The number of nitrogens with two attached hydrogens (primary N) is 1. The van der Waals surface area contributed by atoms with Crippen molar-refractivity contribution >= 4 is 17.8 Å². The minimum absolute atomic E-state index is 0.00167. The number of aliphatic hydroxyl groups excluding tert-OH is 2. The zero-order chi connectivity index (χ0) is 38.5. The summed E-state index contributed by atoms with van der Waals surface area (Å²) >= 11 is 0. The molecule has 2 aromatic carbocycles. The highest BCUT2D eigenvalue weighted by Gasteiger charge is 2.20. The first-order valence-electron chi connectivity index (χ1n) is 19.5. The van der Waals surface area contributed by atoms with Gasteiger partial charge in [0.25, 0.3) is 0 Å². The fourth-order valence-corrected chi connectivity index (χ4v) is 6.64. The van der Waals surface area contributed by atoms with E-state index in [0.29, 0.717) is 32.0 Å². The number of nitrogens with zero attached hydrogens (tertiary/aromatic N) is 2. The van der Waals surface area contributed by atoms with Crippen LogP contribution < -0.4 is 20.5 Å². The maximum atomic E-state index is 11.8. The van der Waals surface area contributed by atoms with E-state index in [1.165, 1.54) is 45.2 Å². The van der Waals surface area contributed by atoms with Crippen LogP contribution in [0, 0.1) is 22.7 Å². The number of nitrogen functional groups attached to an aromatic ring is 1. The first-order valence-corrected chi connectivity index (χ1v) is 19.5. The molecular formula is C41H66N6O6. The maximum absolute atomic E-state index is 11.8. The van der Waals surface area contributed by atoms with Gasteiger partial charge in [-0.2, -0.15) is 0 Å². The molecule has 12 heteroatoms. The fourth-order valence-electron chi connectivity index (χ4n) is 6.64. The van der Waals surface area contributed by atoms with Gasteiger partial charge >= 0.3 is 6.09 Å². The van der Waals surface area contributed by atoms with Gasteiger partial charge in [0.05, 0.1) is 13.2 Å². The smallest absolute Gasteiger partial charge is 0.413 e. The van der Waals surface area contributed by atoms with Gasteiger partial charge in [0.1, 0.15) is 28.8 Å². The van der Waals surface area contributed by atoms with Crippen LogP contribution in [0.4, 0.5) is 4.79 Å². The Kier molecular flexibility index (Phi) is 19.7. The van der Waals surface area contributed by atoms with Crippen LogP contribution >= 0.6 is 0 Å². The SMILES string of the molecule is CC(C)(C)OC(=O)NC(=N)c1ccc(OCCCN2CCC(CCCO)CC2)cc1.N=C(N)c1ccc(OCCCN2CCC(CCCO)CC2)cc1. The Morgan fingerprint density at radius 1 is 0.736 bits per heavy atom. The van der Waals surface area contributed by atoms with Crippen LogP contribution in [-0.4, -0.2) is 109 Å². The van der Waals surface area contributed by atoms with Crippen molar-refractivity contribution in [2.75, 3.05) is 65.7 Å². The monoisotopic (exact) mass is 739 g/mol. The Morgan fingerprint density at radius 2 is 1.15 bits per heavy atom. The molecule has 0 bridgehead atoms. The number of piperidine rings is 2. The minimum Gasteiger partial charge on any atom is -0.494 e. The predicted molar refractivity (Wildman–Crippen MR) is 211 cm³/mol. The average molecular weight is 739 g/mol. The molecule has 2 aliphatic heterocycles. The largest absolute Gasteiger partial charge is 0.494 e. The molecule has 2 aromatic rings. The van der Waals surface area contributed by atoms with Crippen molar-refractivity contribution in [1.82, 2.24) is 15.1 Å². The van der Waals surface area contributed by atoms with Crippen LogP contribution in [0.5, 0.6) is 11.5 Å². The normalized spacial score (nSPS) is 15.9. The summed E-state index contributed by atoms with van der Waals surface area (Å²) in [4.78, 5) is 16.8. The molecule has 7 N–H and O–H groups in total. The first kappa shape index (κ1) is 43.7. The Bertz CT molecular complexity index is 1330. The quantitative estimate of drug-likeness (QED) is 0.0607. The van der Waals surface area contributed by atoms with Crippen LogP contribution in [-0.2, 0) is 4.74 Å². The van der Waals surface area contributed by atoms with E-state index in [9.17, 15) is 4.79 Å². The molecule has 1 amide bonds. The fraction of sp³-hybridized carbons (Fsp3) is 0.634. The summed E-state index contributed by atoms with van der Waals surface area (Å²) in [6.45, 7) is 14.1. The lowest BCUT2D eigenvalue weighted by molar-refractivity contribution is 0.0563. The molecule has 296 valence electrons. The van der Waals surface area contributed by atoms with Crippen molar-refractivity contribution in [1.29, 1.82) is 10.8 Å². The van der Waals surface area contributed by atoms with Crippen molar-refractivity contribution in [3.8, 4) is 11.5 Å². The van der Waals surface area contributed by atoms with Gasteiger partial charge in [0, 0.05) is 37.4 Å². The highest BCUT2D eigenvalue weighted by molar-refractivity contribution is 6.04. The number of amides is 1. The molecule has 53 heavy (non-hydrogen) atoms.